The van der Waals surface area contributed by atoms with Crippen LogP contribution in [0.5, 0.6) is 0 Å². The van der Waals surface area contributed by atoms with E-state index >= 15 is 0 Å². The van der Waals surface area contributed by atoms with E-state index in [9.17, 15) is 14.9 Å². The first-order valence-corrected chi connectivity index (χ1v) is 11.3. The first kappa shape index (κ1) is 22.6. The number of aromatic nitrogens is 4. The number of likely N-dealkylation sites (N-methyl/N-ethyl adjacent to an activating group) is 1. The molecule has 3 heterocycles. The Morgan fingerprint density at radius 1 is 1.09 bits per heavy atom. The maximum Gasteiger partial charge on any atom is 0.334 e. The number of hydrogen-bond acceptors (Lipinski definition) is 8. The quantitative estimate of drug-likeness (QED) is 0.449. The van der Waals surface area contributed by atoms with E-state index < -0.39 is 11.2 Å². The molecule has 1 aliphatic rings. The van der Waals surface area contributed by atoms with E-state index in [1.165, 1.54) is 18.3 Å². The molecule has 1 saturated heterocycles. The SMILES string of the molecule is CN1CCN(c2ccc(Nc3ncc4c(=O)n(-c5ccccc5C#N)c(=O)[nH]c4n3)cc2Cl)CC1. The van der Waals surface area contributed by atoms with Gasteiger partial charge in [0.1, 0.15) is 11.5 Å². The average molecular weight is 489 g/mol. The Bertz CT molecular complexity index is 1580. The summed E-state index contributed by atoms with van der Waals surface area (Å²) < 4.78 is 0.911. The molecule has 176 valence electrons. The Kier molecular flexibility index (Phi) is 5.94. The van der Waals surface area contributed by atoms with Crippen molar-refractivity contribution >= 4 is 40.0 Å². The number of nitrogens with zero attached hydrogens (tertiary/aromatic N) is 6. The smallest absolute Gasteiger partial charge is 0.334 e. The van der Waals surface area contributed by atoms with Crippen LogP contribution >= 0.6 is 11.6 Å². The molecule has 5 rings (SSSR count). The maximum absolute atomic E-state index is 13.0. The van der Waals surface area contributed by atoms with Gasteiger partial charge in [-0.2, -0.15) is 10.2 Å². The second-order valence-electron chi connectivity index (χ2n) is 8.24. The predicted molar refractivity (Wildman–Crippen MR) is 135 cm³/mol. The van der Waals surface area contributed by atoms with Crippen molar-refractivity contribution in [2.45, 2.75) is 0 Å². The molecule has 0 atom stereocenters. The van der Waals surface area contributed by atoms with Gasteiger partial charge >= 0.3 is 5.69 Å². The number of para-hydroxylation sites is 1. The van der Waals surface area contributed by atoms with Gasteiger partial charge in [-0.15, -0.1) is 0 Å². The van der Waals surface area contributed by atoms with Gasteiger partial charge in [-0.1, -0.05) is 23.7 Å². The van der Waals surface area contributed by atoms with Crippen LogP contribution in [0.3, 0.4) is 0 Å². The molecule has 2 aromatic heterocycles. The first-order valence-electron chi connectivity index (χ1n) is 11.0. The molecular formula is C24H21ClN8O2. The van der Waals surface area contributed by atoms with Crippen LogP contribution in [0.15, 0.2) is 58.3 Å². The summed E-state index contributed by atoms with van der Waals surface area (Å²) in [6.45, 7) is 3.76. The molecule has 0 unspecified atom stereocenters. The molecule has 10 nitrogen and oxygen atoms in total. The highest BCUT2D eigenvalue weighted by Crippen LogP contribution is 2.30. The van der Waals surface area contributed by atoms with Gasteiger partial charge in [-0.3, -0.25) is 9.78 Å². The second-order valence-corrected chi connectivity index (χ2v) is 8.64. The molecule has 1 fully saturated rings. The van der Waals surface area contributed by atoms with Crippen molar-refractivity contribution in [3.05, 3.63) is 80.1 Å². The van der Waals surface area contributed by atoms with E-state index in [4.69, 9.17) is 11.6 Å². The lowest BCUT2D eigenvalue weighted by Crippen LogP contribution is -2.44. The largest absolute Gasteiger partial charge is 0.368 e. The number of nitrogens with one attached hydrogen (secondary N) is 2. The van der Waals surface area contributed by atoms with E-state index in [-0.39, 0.29) is 28.2 Å². The van der Waals surface area contributed by atoms with Crippen LogP contribution in [-0.4, -0.2) is 57.6 Å². The van der Waals surface area contributed by atoms with E-state index in [1.807, 2.05) is 18.2 Å². The number of anilines is 3. The summed E-state index contributed by atoms with van der Waals surface area (Å²) in [6, 6.07) is 14.0. The number of aromatic amines is 1. The molecule has 0 saturated carbocycles. The number of nitriles is 1. The highest BCUT2D eigenvalue weighted by molar-refractivity contribution is 6.33. The highest BCUT2D eigenvalue weighted by atomic mass is 35.5. The third-order valence-corrected chi connectivity index (χ3v) is 6.27. The molecule has 1 aliphatic heterocycles. The lowest BCUT2D eigenvalue weighted by molar-refractivity contribution is 0.313. The molecule has 35 heavy (non-hydrogen) atoms. The van der Waals surface area contributed by atoms with Gasteiger partial charge in [0, 0.05) is 38.1 Å². The summed E-state index contributed by atoms with van der Waals surface area (Å²) in [5.41, 5.74) is 0.810. The van der Waals surface area contributed by atoms with Crippen molar-refractivity contribution in [1.29, 1.82) is 5.26 Å². The number of fused-ring (bicyclic) bond motifs is 1. The van der Waals surface area contributed by atoms with Crippen molar-refractivity contribution < 1.29 is 0 Å². The topological polar surface area (TPSA) is 123 Å². The normalized spacial score (nSPS) is 14.1. The predicted octanol–water partition coefficient (Wildman–Crippen LogP) is 2.49. The monoisotopic (exact) mass is 488 g/mol. The molecule has 0 aliphatic carbocycles. The summed E-state index contributed by atoms with van der Waals surface area (Å²) in [7, 11) is 2.10. The Hall–Kier alpha value is -4.20. The van der Waals surface area contributed by atoms with Gasteiger partial charge in [0.25, 0.3) is 5.56 Å². The standard InChI is InChI=1S/C24H21ClN8O2/c1-31-8-10-32(11-9-31)20-7-6-16(12-18(20)25)28-23-27-14-17-21(29-23)30-24(35)33(22(17)34)19-5-3-2-4-15(19)13-26/h2-7,12,14H,8-11H2,1H3,(H2,27,28,29,30,35). The minimum atomic E-state index is -0.700. The van der Waals surface area contributed by atoms with E-state index in [2.05, 4.69) is 37.1 Å². The molecule has 11 heteroatoms. The van der Waals surface area contributed by atoms with Crippen molar-refractivity contribution in [3.8, 4) is 11.8 Å². The fourth-order valence-corrected chi connectivity index (χ4v) is 4.36. The molecule has 0 spiro atoms. The average Bonchev–Trinajstić information content (AvgIpc) is 2.85. The summed E-state index contributed by atoms with van der Waals surface area (Å²) >= 11 is 6.55. The Morgan fingerprint density at radius 3 is 2.60 bits per heavy atom. The zero-order chi connectivity index (χ0) is 24.5. The summed E-state index contributed by atoms with van der Waals surface area (Å²) in [6.07, 6.45) is 1.34. The Labute approximate surface area is 205 Å². The number of halogens is 1. The third-order valence-electron chi connectivity index (χ3n) is 5.96. The Balaban J connectivity index is 1.45. The van der Waals surface area contributed by atoms with Gasteiger partial charge in [-0.05, 0) is 37.4 Å². The molecular weight excluding hydrogens is 468 g/mol. The zero-order valence-corrected chi connectivity index (χ0v) is 19.6. The fourth-order valence-electron chi connectivity index (χ4n) is 4.06. The number of benzene rings is 2. The van der Waals surface area contributed by atoms with Crippen molar-refractivity contribution in [2.24, 2.45) is 0 Å². The van der Waals surface area contributed by atoms with Crippen LogP contribution in [0.25, 0.3) is 16.7 Å². The van der Waals surface area contributed by atoms with Crippen LogP contribution in [0.1, 0.15) is 5.56 Å². The van der Waals surface area contributed by atoms with Gasteiger partial charge in [-0.25, -0.2) is 14.3 Å². The van der Waals surface area contributed by atoms with E-state index in [1.54, 1.807) is 18.2 Å². The van der Waals surface area contributed by atoms with Gasteiger partial charge in [0.15, 0.2) is 5.65 Å². The zero-order valence-electron chi connectivity index (χ0n) is 18.8. The second kappa shape index (κ2) is 9.21. The number of H-pyrrole nitrogens is 1. The van der Waals surface area contributed by atoms with Crippen LogP contribution in [-0.2, 0) is 0 Å². The highest BCUT2D eigenvalue weighted by Gasteiger charge is 2.18. The Morgan fingerprint density at radius 2 is 1.86 bits per heavy atom. The van der Waals surface area contributed by atoms with Crippen molar-refractivity contribution in [3.63, 3.8) is 0 Å². The molecule has 4 aromatic rings. The number of hydrogen-bond donors (Lipinski definition) is 2. The van der Waals surface area contributed by atoms with Crippen LogP contribution in [0.4, 0.5) is 17.3 Å². The van der Waals surface area contributed by atoms with Gasteiger partial charge < -0.3 is 15.1 Å². The number of rotatable bonds is 4. The minimum Gasteiger partial charge on any atom is -0.368 e. The summed E-state index contributed by atoms with van der Waals surface area (Å²) in [5, 5.41) is 13.1. The lowest BCUT2D eigenvalue weighted by Gasteiger charge is -2.34. The minimum absolute atomic E-state index is 0.0864. The molecule has 2 aromatic carbocycles. The van der Waals surface area contributed by atoms with Crippen LogP contribution in [0.2, 0.25) is 5.02 Å². The molecule has 0 bridgehead atoms. The van der Waals surface area contributed by atoms with Gasteiger partial charge in [0.2, 0.25) is 5.95 Å². The summed E-state index contributed by atoms with van der Waals surface area (Å²) in [4.78, 5) is 41.5. The lowest BCUT2D eigenvalue weighted by atomic mass is 10.2. The van der Waals surface area contributed by atoms with E-state index in [0.29, 0.717) is 10.7 Å². The molecule has 0 radical (unpaired) electrons. The van der Waals surface area contributed by atoms with Crippen LogP contribution < -0.4 is 21.5 Å². The van der Waals surface area contributed by atoms with E-state index in [0.717, 1.165) is 36.4 Å². The van der Waals surface area contributed by atoms with Crippen molar-refractivity contribution in [1.82, 2.24) is 24.4 Å². The third kappa shape index (κ3) is 4.35. The number of piperazine rings is 1. The molecule has 2 N–H and O–H groups in total. The van der Waals surface area contributed by atoms with Crippen molar-refractivity contribution in [2.75, 3.05) is 43.4 Å². The first-order chi connectivity index (χ1) is 16.9. The fraction of sp³-hybridized carbons (Fsp3) is 0.208. The van der Waals surface area contributed by atoms with Crippen LogP contribution in [0, 0.1) is 11.3 Å². The maximum atomic E-state index is 13.0. The van der Waals surface area contributed by atoms with Gasteiger partial charge in [0.05, 0.1) is 22.0 Å². The molecule has 0 amide bonds. The summed E-state index contributed by atoms with van der Waals surface area (Å²) in [5.74, 6) is 0.200.